The fourth-order valence-electron chi connectivity index (χ4n) is 2.22. The number of nitrogens with zero attached hydrogens (tertiary/aromatic N) is 5. The van der Waals surface area contributed by atoms with E-state index < -0.39 is 61.2 Å². The molecule has 1 aromatic carbocycles. The molecule has 2 aromatic rings. The molecule has 0 amide bonds. The molecular weight excluding hydrogens is 495 g/mol. The van der Waals surface area contributed by atoms with Crippen LogP contribution >= 0.6 is 35.0 Å². The van der Waals surface area contributed by atoms with Gasteiger partial charge in [0, 0.05) is 19.0 Å². The second kappa shape index (κ2) is 8.97. The lowest BCUT2D eigenvalue weighted by atomic mass is 10.1. The molecule has 0 aliphatic rings. The number of aliphatic imine (C=N–C) groups is 1. The van der Waals surface area contributed by atoms with Gasteiger partial charge in [0.1, 0.15) is 17.3 Å². The quantitative estimate of drug-likeness (QED) is 0.174. The SMILES string of the molecule is CN(C)C=Nc1c(C(=O)C(F)(F)F)c(C#N)nn1-c1c(Cl)cc(SC(F)(F)F)cc1Cl. The van der Waals surface area contributed by atoms with E-state index in [4.69, 9.17) is 23.2 Å². The van der Waals surface area contributed by atoms with Crippen molar-refractivity contribution in [3.63, 3.8) is 0 Å². The van der Waals surface area contributed by atoms with Gasteiger partial charge < -0.3 is 4.90 Å². The van der Waals surface area contributed by atoms with Crippen LogP contribution in [0, 0.1) is 11.3 Å². The Morgan fingerprint density at radius 1 is 1.23 bits per heavy atom. The molecule has 0 aliphatic heterocycles. The maximum absolute atomic E-state index is 13.1. The standard InChI is InChI=1S/C16H9Cl2F6N5OS/c1-28(2)6-26-14-11(13(30)15(19,20)21)10(5-25)27-29(14)12-8(17)3-7(4-9(12)18)31-16(22,23)24/h3-4,6H,1-2H3. The van der Waals surface area contributed by atoms with Gasteiger partial charge in [-0.05, 0) is 23.9 Å². The zero-order chi connectivity index (χ0) is 23.7. The van der Waals surface area contributed by atoms with E-state index in [1.54, 1.807) is 0 Å². The highest BCUT2D eigenvalue weighted by Gasteiger charge is 2.44. The van der Waals surface area contributed by atoms with E-state index in [1.165, 1.54) is 25.1 Å². The van der Waals surface area contributed by atoms with Crippen LogP contribution in [0.2, 0.25) is 10.0 Å². The van der Waals surface area contributed by atoms with E-state index in [9.17, 15) is 36.4 Å². The van der Waals surface area contributed by atoms with E-state index in [2.05, 4.69) is 10.1 Å². The number of rotatable bonds is 5. The second-order valence-electron chi connectivity index (χ2n) is 5.89. The predicted octanol–water partition coefficient (Wildman–Crippen LogP) is 5.63. The molecule has 0 saturated carbocycles. The smallest absolute Gasteiger partial charge is 0.369 e. The van der Waals surface area contributed by atoms with Crippen molar-refractivity contribution in [1.29, 1.82) is 5.26 Å². The highest BCUT2D eigenvalue weighted by atomic mass is 35.5. The molecule has 2 rings (SSSR count). The number of hydrogen-bond donors (Lipinski definition) is 0. The van der Waals surface area contributed by atoms with Crippen LogP contribution in [-0.2, 0) is 0 Å². The van der Waals surface area contributed by atoms with Crippen molar-refractivity contribution in [2.75, 3.05) is 14.1 Å². The zero-order valence-corrected chi connectivity index (χ0v) is 17.6. The van der Waals surface area contributed by atoms with Crippen molar-refractivity contribution in [1.82, 2.24) is 14.7 Å². The number of nitriles is 1. The highest BCUT2D eigenvalue weighted by molar-refractivity contribution is 8.00. The van der Waals surface area contributed by atoms with Gasteiger partial charge in [-0.1, -0.05) is 23.2 Å². The summed E-state index contributed by atoms with van der Waals surface area (Å²) in [6.45, 7) is 0. The number of hydrogen-bond acceptors (Lipinski definition) is 5. The van der Waals surface area contributed by atoms with Crippen molar-refractivity contribution in [3.05, 3.63) is 33.4 Å². The van der Waals surface area contributed by atoms with Crippen molar-refractivity contribution < 1.29 is 31.1 Å². The number of Topliss-reactive ketones (excluding diaryl/α,β-unsaturated/α-hetero) is 1. The van der Waals surface area contributed by atoms with Crippen LogP contribution < -0.4 is 0 Å². The maximum atomic E-state index is 13.1. The molecule has 0 aliphatic carbocycles. The molecule has 31 heavy (non-hydrogen) atoms. The van der Waals surface area contributed by atoms with Crippen molar-refractivity contribution >= 4 is 52.9 Å². The Bertz CT molecular complexity index is 1060. The Kier molecular flexibility index (Phi) is 7.19. The number of aromatic nitrogens is 2. The topological polar surface area (TPSA) is 74.3 Å². The van der Waals surface area contributed by atoms with Gasteiger partial charge in [0.2, 0.25) is 0 Å². The normalized spacial score (nSPS) is 12.3. The molecule has 0 unspecified atom stereocenters. The lowest BCUT2D eigenvalue weighted by molar-refractivity contribution is -0.0885. The molecule has 0 radical (unpaired) electrons. The molecule has 0 fully saturated rings. The monoisotopic (exact) mass is 503 g/mol. The van der Waals surface area contributed by atoms with Gasteiger partial charge in [0.15, 0.2) is 11.5 Å². The van der Waals surface area contributed by atoms with E-state index in [0.29, 0.717) is 4.68 Å². The summed E-state index contributed by atoms with van der Waals surface area (Å²) in [6.07, 6.45) is -4.33. The summed E-state index contributed by atoms with van der Waals surface area (Å²) >= 11 is 11.5. The Hall–Kier alpha value is -2.43. The molecule has 0 N–H and O–H groups in total. The summed E-state index contributed by atoms with van der Waals surface area (Å²) in [4.78, 5) is 16.6. The molecule has 166 valence electrons. The van der Waals surface area contributed by atoms with Crippen LogP contribution in [0.4, 0.5) is 32.2 Å². The maximum Gasteiger partial charge on any atom is 0.455 e. The number of carbonyl (C=O) groups is 1. The van der Waals surface area contributed by atoms with Gasteiger partial charge in [0.25, 0.3) is 5.78 Å². The van der Waals surface area contributed by atoms with Crippen molar-refractivity contribution in [2.24, 2.45) is 4.99 Å². The molecule has 0 saturated heterocycles. The average Bonchev–Trinajstić information content (AvgIpc) is 2.94. The van der Waals surface area contributed by atoms with Gasteiger partial charge in [-0.25, -0.2) is 9.67 Å². The first-order valence-corrected chi connectivity index (χ1v) is 9.33. The van der Waals surface area contributed by atoms with Gasteiger partial charge in [0.05, 0.1) is 16.4 Å². The highest BCUT2D eigenvalue weighted by Crippen LogP contribution is 2.43. The Balaban J connectivity index is 2.82. The van der Waals surface area contributed by atoms with Gasteiger partial charge in [-0.3, -0.25) is 4.79 Å². The first kappa shape index (κ1) is 24.8. The van der Waals surface area contributed by atoms with Crippen LogP contribution in [0.15, 0.2) is 22.0 Å². The summed E-state index contributed by atoms with van der Waals surface area (Å²) < 4.78 is 77.8. The van der Waals surface area contributed by atoms with Gasteiger partial charge >= 0.3 is 11.7 Å². The van der Waals surface area contributed by atoms with E-state index in [1.807, 2.05) is 0 Å². The van der Waals surface area contributed by atoms with Crippen molar-refractivity contribution in [2.45, 2.75) is 16.6 Å². The summed E-state index contributed by atoms with van der Waals surface area (Å²) in [5, 5.41) is 12.0. The Morgan fingerprint density at radius 2 is 1.77 bits per heavy atom. The predicted molar refractivity (Wildman–Crippen MR) is 102 cm³/mol. The second-order valence-corrected chi connectivity index (χ2v) is 7.84. The van der Waals surface area contributed by atoms with E-state index in [-0.39, 0.29) is 5.69 Å². The fourth-order valence-corrected chi connectivity index (χ4v) is 3.62. The summed E-state index contributed by atoms with van der Waals surface area (Å²) in [6, 6.07) is 3.09. The molecule has 0 spiro atoms. The number of halogens is 8. The summed E-state index contributed by atoms with van der Waals surface area (Å²) in [5.41, 5.74) is -7.09. The van der Waals surface area contributed by atoms with Crippen LogP contribution in [0.25, 0.3) is 5.69 Å². The molecule has 1 aromatic heterocycles. The largest absolute Gasteiger partial charge is 0.455 e. The fraction of sp³-hybridized carbons (Fsp3) is 0.250. The number of benzene rings is 1. The molecule has 0 atom stereocenters. The third-order valence-corrected chi connectivity index (χ3v) is 4.58. The van der Waals surface area contributed by atoms with Crippen LogP contribution in [0.5, 0.6) is 0 Å². The number of ketones is 1. The van der Waals surface area contributed by atoms with Crippen LogP contribution in [0.3, 0.4) is 0 Å². The molecule has 0 bridgehead atoms. The third kappa shape index (κ3) is 5.84. The molecule has 15 heteroatoms. The number of thioether (sulfide) groups is 1. The van der Waals surface area contributed by atoms with E-state index >= 15 is 0 Å². The molecular formula is C16H9Cl2F6N5OS. The van der Waals surface area contributed by atoms with Crippen molar-refractivity contribution in [3.8, 4) is 11.8 Å². The molecule has 1 heterocycles. The summed E-state index contributed by atoms with van der Waals surface area (Å²) in [5.74, 6) is -3.12. The average molecular weight is 504 g/mol. The van der Waals surface area contributed by atoms with Crippen LogP contribution in [-0.4, -0.2) is 52.6 Å². The third-order valence-electron chi connectivity index (χ3n) is 3.30. The summed E-state index contributed by atoms with van der Waals surface area (Å²) in [7, 11) is 2.95. The van der Waals surface area contributed by atoms with Crippen LogP contribution in [0.1, 0.15) is 16.1 Å². The molecule has 6 nitrogen and oxygen atoms in total. The van der Waals surface area contributed by atoms with Gasteiger partial charge in [-0.2, -0.15) is 36.7 Å². The number of carbonyl (C=O) groups excluding carboxylic acids is 1. The minimum absolute atomic E-state index is 0.363. The minimum atomic E-state index is -5.36. The lowest BCUT2D eigenvalue weighted by Crippen LogP contribution is -2.23. The lowest BCUT2D eigenvalue weighted by Gasteiger charge is -2.13. The Morgan fingerprint density at radius 3 is 2.19 bits per heavy atom. The van der Waals surface area contributed by atoms with Gasteiger partial charge in [-0.15, -0.1) is 0 Å². The zero-order valence-electron chi connectivity index (χ0n) is 15.3. The minimum Gasteiger partial charge on any atom is -0.369 e. The first-order valence-electron chi connectivity index (χ1n) is 7.76. The Labute approximate surface area is 185 Å². The van der Waals surface area contributed by atoms with E-state index in [0.717, 1.165) is 18.5 Å². The first-order chi connectivity index (χ1) is 14.2. The number of alkyl halides is 6.